The summed E-state index contributed by atoms with van der Waals surface area (Å²) in [7, 11) is 1.38. The van der Waals surface area contributed by atoms with Gasteiger partial charge in [-0.25, -0.2) is 4.79 Å². The van der Waals surface area contributed by atoms with Gasteiger partial charge in [0, 0.05) is 11.6 Å². The standard InChI is InChI=1S/C17H21N3O3/c1-10(2)12-6-7-14(13(8-12)17(21)22-3)18-9-15-19-20-16(23-15)11-4-5-11/h6-8,10-11,18H,4-5,9H2,1-3H3. The van der Waals surface area contributed by atoms with Gasteiger partial charge in [0.15, 0.2) is 0 Å². The summed E-state index contributed by atoms with van der Waals surface area (Å²) in [6.45, 7) is 4.55. The van der Waals surface area contributed by atoms with Crippen LogP contribution in [0.25, 0.3) is 0 Å². The zero-order valence-electron chi connectivity index (χ0n) is 13.6. The normalized spacial score (nSPS) is 14.1. The Hall–Kier alpha value is -2.37. The van der Waals surface area contributed by atoms with Gasteiger partial charge in [0.25, 0.3) is 0 Å². The number of carbonyl (C=O) groups is 1. The molecule has 0 spiro atoms. The fourth-order valence-corrected chi connectivity index (χ4v) is 2.36. The Balaban J connectivity index is 1.76. The second-order valence-electron chi connectivity index (χ2n) is 6.11. The summed E-state index contributed by atoms with van der Waals surface area (Å²) < 4.78 is 10.5. The van der Waals surface area contributed by atoms with E-state index in [0.717, 1.165) is 18.4 Å². The van der Waals surface area contributed by atoms with Crippen LogP contribution >= 0.6 is 0 Å². The van der Waals surface area contributed by atoms with Gasteiger partial charge in [0.2, 0.25) is 11.8 Å². The maximum absolute atomic E-state index is 12.0. The molecule has 0 amide bonds. The number of aromatic nitrogens is 2. The quantitative estimate of drug-likeness (QED) is 0.822. The summed E-state index contributed by atoms with van der Waals surface area (Å²) >= 11 is 0. The van der Waals surface area contributed by atoms with Crippen LogP contribution in [0.3, 0.4) is 0 Å². The summed E-state index contributed by atoms with van der Waals surface area (Å²) in [6, 6.07) is 5.75. The first-order valence-electron chi connectivity index (χ1n) is 7.87. The summed E-state index contributed by atoms with van der Waals surface area (Å²) in [5.74, 6) is 1.65. The predicted octanol–water partition coefficient (Wildman–Crippen LogP) is 3.47. The molecule has 1 saturated carbocycles. The number of methoxy groups -OCH3 is 1. The van der Waals surface area contributed by atoms with Crippen molar-refractivity contribution >= 4 is 11.7 Å². The fraction of sp³-hybridized carbons (Fsp3) is 0.471. The van der Waals surface area contributed by atoms with Gasteiger partial charge in [-0.15, -0.1) is 10.2 Å². The number of anilines is 1. The molecule has 2 aromatic rings. The number of nitrogens with zero attached hydrogens (tertiary/aromatic N) is 2. The molecule has 1 aromatic heterocycles. The molecular formula is C17H21N3O3. The highest BCUT2D eigenvalue weighted by molar-refractivity contribution is 5.95. The van der Waals surface area contributed by atoms with Crippen LogP contribution in [0.1, 0.15) is 66.2 Å². The van der Waals surface area contributed by atoms with E-state index in [-0.39, 0.29) is 5.97 Å². The first kappa shape index (κ1) is 15.5. The van der Waals surface area contributed by atoms with Gasteiger partial charge < -0.3 is 14.5 Å². The Kier molecular flexibility index (Phi) is 4.32. The number of nitrogens with one attached hydrogen (secondary N) is 1. The molecule has 1 fully saturated rings. The maximum Gasteiger partial charge on any atom is 0.339 e. The molecule has 23 heavy (non-hydrogen) atoms. The number of rotatable bonds is 6. The second-order valence-corrected chi connectivity index (χ2v) is 6.11. The SMILES string of the molecule is COC(=O)c1cc(C(C)C)ccc1NCc1nnc(C2CC2)o1. The van der Waals surface area contributed by atoms with Crippen molar-refractivity contribution in [2.24, 2.45) is 0 Å². The molecule has 1 heterocycles. The molecule has 0 saturated heterocycles. The van der Waals surface area contributed by atoms with Gasteiger partial charge in [0.05, 0.1) is 19.2 Å². The van der Waals surface area contributed by atoms with Gasteiger partial charge in [0.1, 0.15) is 0 Å². The van der Waals surface area contributed by atoms with E-state index in [2.05, 4.69) is 29.4 Å². The Morgan fingerprint density at radius 3 is 2.83 bits per heavy atom. The molecule has 0 radical (unpaired) electrons. The third-order valence-corrected chi connectivity index (χ3v) is 3.95. The van der Waals surface area contributed by atoms with Crippen LogP contribution < -0.4 is 5.32 Å². The molecule has 1 N–H and O–H groups in total. The molecular weight excluding hydrogens is 294 g/mol. The predicted molar refractivity (Wildman–Crippen MR) is 85.5 cm³/mol. The van der Waals surface area contributed by atoms with Crippen LogP contribution in [0.2, 0.25) is 0 Å². The van der Waals surface area contributed by atoms with E-state index >= 15 is 0 Å². The molecule has 0 bridgehead atoms. The van der Waals surface area contributed by atoms with Crippen LogP contribution in [0.5, 0.6) is 0 Å². The van der Waals surface area contributed by atoms with Gasteiger partial charge in [-0.3, -0.25) is 0 Å². The van der Waals surface area contributed by atoms with Crippen molar-refractivity contribution < 1.29 is 13.9 Å². The monoisotopic (exact) mass is 315 g/mol. The van der Waals surface area contributed by atoms with Crippen molar-refractivity contribution in [3.05, 3.63) is 41.1 Å². The lowest BCUT2D eigenvalue weighted by Crippen LogP contribution is -2.09. The van der Waals surface area contributed by atoms with Gasteiger partial charge >= 0.3 is 5.97 Å². The Morgan fingerprint density at radius 1 is 1.39 bits per heavy atom. The molecule has 6 heteroatoms. The number of esters is 1. The average molecular weight is 315 g/mol. The first-order chi connectivity index (χ1) is 11.1. The van der Waals surface area contributed by atoms with E-state index in [4.69, 9.17) is 9.15 Å². The maximum atomic E-state index is 12.0. The first-order valence-corrected chi connectivity index (χ1v) is 7.87. The van der Waals surface area contributed by atoms with Crippen molar-refractivity contribution in [2.45, 2.75) is 45.1 Å². The van der Waals surface area contributed by atoms with E-state index in [9.17, 15) is 4.79 Å². The molecule has 6 nitrogen and oxygen atoms in total. The van der Waals surface area contributed by atoms with Gasteiger partial charge in [-0.05, 0) is 36.5 Å². The average Bonchev–Trinajstić information content (AvgIpc) is 3.30. The minimum atomic E-state index is -0.362. The summed E-state index contributed by atoms with van der Waals surface area (Å²) in [5.41, 5.74) is 2.30. The van der Waals surface area contributed by atoms with Crippen molar-refractivity contribution in [1.82, 2.24) is 10.2 Å². The molecule has 1 aromatic carbocycles. The van der Waals surface area contributed by atoms with Crippen molar-refractivity contribution in [3.63, 3.8) is 0 Å². The third kappa shape index (κ3) is 3.52. The minimum Gasteiger partial charge on any atom is -0.465 e. The highest BCUT2D eigenvalue weighted by atomic mass is 16.5. The number of ether oxygens (including phenoxy) is 1. The fourth-order valence-electron chi connectivity index (χ4n) is 2.36. The number of carbonyl (C=O) groups excluding carboxylic acids is 1. The highest BCUT2D eigenvalue weighted by Gasteiger charge is 2.29. The lowest BCUT2D eigenvalue weighted by molar-refractivity contribution is 0.0601. The molecule has 0 aliphatic heterocycles. The van der Waals surface area contributed by atoms with E-state index < -0.39 is 0 Å². The van der Waals surface area contributed by atoms with Crippen LogP contribution in [0.4, 0.5) is 5.69 Å². The number of hydrogen-bond acceptors (Lipinski definition) is 6. The zero-order chi connectivity index (χ0) is 16.4. The minimum absolute atomic E-state index is 0.337. The van der Waals surface area contributed by atoms with Gasteiger partial charge in [-0.1, -0.05) is 19.9 Å². The van der Waals surface area contributed by atoms with Gasteiger partial charge in [-0.2, -0.15) is 0 Å². The van der Waals surface area contributed by atoms with Crippen molar-refractivity contribution in [2.75, 3.05) is 12.4 Å². The van der Waals surface area contributed by atoms with E-state index in [1.165, 1.54) is 7.11 Å². The molecule has 122 valence electrons. The largest absolute Gasteiger partial charge is 0.465 e. The van der Waals surface area contributed by atoms with E-state index in [0.29, 0.717) is 41.4 Å². The van der Waals surface area contributed by atoms with Crippen molar-refractivity contribution in [1.29, 1.82) is 0 Å². The Labute approximate surface area is 135 Å². The molecule has 0 unspecified atom stereocenters. The van der Waals surface area contributed by atoms with Crippen LogP contribution in [-0.4, -0.2) is 23.3 Å². The number of benzene rings is 1. The molecule has 1 aliphatic carbocycles. The third-order valence-electron chi connectivity index (χ3n) is 3.95. The molecule has 0 atom stereocenters. The van der Waals surface area contributed by atoms with Crippen LogP contribution in [0.15, 0.2) is 22.6 Å². The lowest BCUT2D eigenvalue weighted by atomic mass is 9.99. The Bertz CT molecular complexity index is 705. The van der Waals surface area contributed by atoms with Crippen LogP contribution in [-0.2, 0) is 11.3 Å². The molecule has 1 aliphatic rings. The summed E-state index contributed by atoms with van der Waals surface area (Å²) in [5, 5.41) is 11.3. The smallest absolute Gasteiger partial charge is 0.339 e. The topological polar surface area (TPSA) is 77.2 Å². The van der Waals surface area contributed by atoms with E-state index in [1.54, 1.807) is 0 Å². The van der Waals surface area contributed by atoms with Crippen molar-refractivity contribution in [3.8, 4) is 0 Å². The summed E-state index contributed by atoms with van der Waals surface area (Å²) in [4.78, 5) is 12.0. The highest BCUT2D eigenvalue weighted by Crippen LogP contribution is 2.39. The Morgan fingerprint density at radius 2 is 2.17 bits per heavy atom. The second kappa shape index (κ2) is 6.40. The molecule has 3 rings (SSSR count). The van der Waals surface area contributed by atoms with Crippen LogP contribution in [0, 0.1) is 0 Å². The number of hydrogen-bond donors (Lipinski definition) is 1. The zero-order valence-corrected chi connectivity index (χ0v) is 13.6. The summed E-state index contributed by atoms with van der Waals surface area (Å²) in [6.07, 6.45) is 2.25. The van der Waals surface area contributed by atoms with E-state index in [1.807, 2.05) is 18.2 Å². The lowest BCUT2D eigenvalue weighted by Gasteiger charge is -2.13.